The molecule has 0 bridgehead atoms. The zero-order valence-corrected chi connectivity index (χ0v) is 26.2. The Labute approximate surface area is 258 Å². The number of carbonyl (C=O) groups excluding carboxylic acids is 4. The maximum absolute atomic E-state index is 13.6. The summed E-state index contributed by atoms with van der Waals surface area (Å²) in [5, 5.41) is 8.88. The first kappa shape index (κ1) is 33.8. The number of carbonyl (C=O) groups is 4. The summed E-state index contributed by atoms with van der Waals surface area (Å²) in [5.74, 6) is -1.62. The molecule has 0 fully saturated rings. The Morgan fingerprint density at radius 1 is 1.00 bits per heavy atom. The van der Waals surface area contributed by atoms with Crippen molar-refractivity contribution in [3.8, 4) is 0 Å². The molecular formula is C32H42ClN5O5. The van der Waals surface area contributed by atoms with E-state index in [1.165, 1.54) is 11.1 Å². The van der Waals surface area contributed by atoms with Gasteiger partial charge in [-0.3, -0.25) is 19.2 Å². The Morgan fingerprint density at radius 3 is 2.33 bits per heavy atom. The number of benzene rings is 2. The number of hydrogen-bond donors (Lipinski definition) is 3. The highest BCUT2D eigenvalue weighted by Crippen LogP contribution is 2.21. The van der Waals surface area contributed by atoms with Crippen molar-refractivity contribution < 1.29 is 23.9 Å². The van der Waals surface area contributed by atoms with Crippen LogP contribution in [0.5, 0.6) is 0 Å². The molecule has 11 heteroatoms. The smallest absolute Gasteiger partial charge is 0.252 e. The van der Waals surface area contributed by atoms with Crippen LogP contribution < -0.4 is 16.0 Å². The molecule has 2 aromatic carbocycles. The number of nitrogens with zero attached hydrogens (tertiary/aromatic N) is 2. The minimum Gasteiger partial charge on any atom is -0.374 e. The van der Waals surface area contributed by atoms with E-state index in [1.54, 1.807) is 31.1 Å². The van der Waals surface area contributed by atoms with Gasteiger partial charge in [-0.25, -0.2) is 0 Å². The summed E-state index contributed by atoms with van der Waals surface area (Å²) in [7, 11) is 1.65. The van der Waals surface area contributed by atoms with E-state index in [0.717, 1.165) is 11.1 Å². The lowest BCUT2D eigenvalue weighted by Gasteiger charge is -2.36. The third-order valence-electron chi connectivity index (χ3n) is 7.22. The quantitative estimate of drug-likeness (QED) is 0.320. The maximum Gasteiger partial charge on any atom is 0.252 e. The fraction of sp³-hybridized carbons (Fsp3) is 0.438. The van der Waals surface area contributed by atoms with Crippen molar-refractivity contribution in [1.29, 1.82) is 0 Å². The van der Waals surface area contributed by atoms with E-state index in [1.807, 2.05) is 69.3 Å². The van der Waals surface area contributed by atoms with Gasteiger partial charge in [0.1, 0.15) is 12.1 Å². The molecule has 2 aromatic rings. The van der Waals surface area contributed by atoms with Crippen molar-refractivity contribution in [1.82, 2.24) is 25.8 Å². The molecule has 4 amide bonds. The van der Waals surface area contributed by atoms with Gasteiger partial charge in [0.25, 0.3) is 5.91 Å². The van der Waals surface area contributed by atoms with Crippen LogP contribution in [0.25, 0.3) is 0 Å². The SMILES string of the molecule is CN[C@@H](C)C(=O)N[C@H](C(=O)NCC(=O)N1C=CN(CCc2ccccc2Cl)C(=O)[C@@H]1COCc1ccccc1)C(C)(C)C. The third-order valence-corrected chi connectivity index (χ3v) is 7.59. The molecule has 43 heavy (non-hydrogen) atoms. The van der Waals surface area contributed by atoms with Crippen LogP contribution in [0, 0.1) is 5.41 Å². The first-order valence-corrected chi connectivity index (χ1v) is 14.7. The van der Waals surface area contributed by atoms with Crippen LogP contribution >= 0.6 is 11.6 Å². The molecule has 0 unspecified atom stereocenters. The number of ether oxygens (including phenoxy) is 1. The highest BCUT2D eigenvalue weighted by molar-refractivity contribution is 6.31. The van der Waals surface area contributed by atoms with Gasteiger partial charge in [-0.1, -0.05) is 80.9 Å². The lowest BCUT2D eigenvalue weighted by atomic mass is 9.86. The van der Waals surface area contributed by atoms with Crippen LogP contribution in [0.4, 0.5) is 0 Å². The van der Waals surface area contributed by atoms with E-state index in [0.29, 0.717) is 18.0 Å². The Bertz CT molecular complexity index is 1300. The second-order valence-electron chi connectivity index (χ2n) is 11.5. The number of rotatable bonds is 13. The molecule has 0 radical (unpaired) electrons. The van der Waals surface area contributed by atoms with Crippen LogP contribution in [0.15, 0.2) is 67.0 Å². The molecule has 3 N–H and O–H groups in total. The average molecular weight is 612 g/mol. The van der Waals surface area contributed by atoms with Crippen molar-refractivity contribution in [2.24, 2.45) is 5.41 Å². The molecular weight excluding hydrogens is 570 g/mol. The summed E-state index contributed by atoms with van der Waals surface area (Å²) >= 11 is 6.30. The summed E-state index contributed by atoms with van der Waals surface area (Å²) in [4.78, 5) is 55.5. The van der Waals surface area contributed by atoms with Crippen LogP contribution in [0.1, 0.15) is 38.8 Å². The third kappa shape index (κ3) is 9.64. The van der Waals surface area contributed by atoms with Gasteiger partial charge in [0.05, 0.1) is 25.8 Å². The molecule has 1 heterocycles. The van der Waals surface area contributed by atoms with Crippen molar-refractivity contribution >= 4 is 35.2 Å². The number of hydrogen-bond acceptors (Lipinski definition) is 6. The van der Waals surface area contributed by atoms with E-state index in [-0.39, 0.29) is 31.6 Å². The summed E-state index contributed by atoms with van der Waals surface area (Å²) < 4.78 is 5.89. The van der Waals surface area contributed by atoms with Gasteiger partial charge >= 0.3 is 0 Å². The second kappa shape index (κ2) is 15.7. The summed E-state index contributed by atoms with van der Waals surface area (Å²) in [5.41, 5.74) is 1.23. The number of likely N-dealkylation sites (N-methyl/N-ethyl adjacent to an activating group) is 1. The van der Waals surface area contributed by atoms with Gasteiger partial charge in [0, 0.05) is 24.0 Å². The van der Waals surface area contributed by atoms with E-state index in [9.17, 15) is 19.2 Å². The summed E-state index contributed by atoms with van der Waals surface area (Å²) in [6.45, 7) is 7.40. The van der Waals surface area contributed by atoms with Gasteiger partial charge in [0.2, 0.25) is 17.7 Å². The molecule has 0 spiro atoms. The predicted molar refractivity (Wildman–Crippen MR) is 166 cm³/mol. The van der Waals surface area contributed by atoms with Crippen LogP contribution in [-0.4, -0.2) is 78.3 Å². The first-order valence-electron chi connectivity index (χ1n) is 14.3. The number of halogens is 1. The van der Waals surface area contributed by atoms with Gasteiger partial charge in [-0.05, 0) is 43.0 Å². The molecule has 3 atom stereocenters. The van der Waals surface area contributed by atoms with Crippen molar-refractivity contribution in [2.75, 3.05) is 26.7 Å². The molecule has 232 valence electrons. The lowest BCUT2D eigenvalue weighted by Crippen LogP contribution is -2.58. The van der Waals surface area contributed by atoms with Gasteiger partial charge in [-0.15, -0.1) is 0 Å². The zero-order valence-electron chi connectivity index (χ0n) is 25.4. The van der Waals surface area contributed by atoms with E-state index >= 15 is 0 Å². The Balaban J connectivity index is 1.71. The average Bonchev–Trinajstić information content (AvgIpc) is 2.98. The minimum atomic E-state index is -0.932. The van der Waals surface area contributed by atoms with Crippen molar-refractivity contribution in [2.45, 2.75) is 58.8 Å². The van der Waals surface area contributed by atoms with Crippen LogP contribution in [0.3, 0.4) is 0 Å². The second-order valence-corrected chi connectivity index (χ2v) is 11.9. The topological polar surface area (TPSA) is 120 Å². The summed E-state index contributed by atoms with van der Waals surface area (Å²) in [6.07, 6.45) is 3.63. The Hall–Kier alpha value is -3.73. The zero-order chi connectivity index (χ0) is 31.6. The number of nitrogens with one attached hydrogen (secondary N) is 3. The molecule has 0 aliphatic carbocycles. The van der Waals surface area contributed by atoms with Gasteiger partial charge < -0.3 is 30.5 Å². The van der Waals surface area contributed by atoms with E-state index in [2.05, 4.69) is 16.0 Å². The normalized spacial score (nSPS) is 16.5. The largest absolute Gasteiger partial charge is 0.374 e. The minimum absolute atomic E-state index is 0.0388. The molecule has 0 saturated heterocycles. The fourth-order valence-corrected chi connectivity index (χ4v) is 4.70. The maximum atomic E-state index is 13.6. The van der Waals surface area contributed by atoms with Crippen molar-refractivity contribution in [3.63, 3.8) is 0 Å². The lowest BCUT2D eigenvalue weighted by molar-refractivity contribution is -0.146. The van der Waals surface area contributed by atoms with E-state index in [4.69, 9.17) is 16.3 Å². The molecule has 0 aromatic heterocycles. The van der Waals surface area contributed by atoms with Crippen LogP contribution in [0.2, 0.25) is 5.02 Å². The predicted octanol–water partition coefficient (Wildman–Crippen LogP) is 2.86. The summed E-state index contributed by atoms with van der Waals surface area (Å²) in [6, 6.07) is 14.7. The standard InChI is InChI=1S/C32H42ClN5O5/c1-22(34-5)29(40)36-28(32(2,3)4)30(41)35-19-27(39)38-18-17-37(16-15-24-13-9-10-14-25(24)33)31(42)26(38)21-43-20-23-11-7-6-8-12-23/h6-14,17-18,22,26,28,34H,15-16,19-21H2,1-5H3,(H,35,41)(H,36,40)/t22-,26-,28+/m0/s1. The van der Waals surface area contributed by atoms with Gasteiger partial charge in [0.15, 0.2) is 0 Å². The Morgan fingerprint density at radius 2 is 1.67 bits per heavy atom. The molecule has 0 saturated carbocycles. The fourth-order valence-electron chi connectivity index (χ4n) is 4.47. The molecule has 3 rings (SSSR count). The van der Waals surface area contributed by atoms with Gasteiger partial charge in [-0.2, -0.15) is 0 Å². The molecule has 10 nitrogen and oxygen atoms in total. The highest BCUT2D eigenvalue weighted by Gasteiger charge is 2.37. The molecule has 1 aliphatic heterocycles. The number of amides is 4. The highest BCUT2D eigenvalue weighted by atomic mass is 35.5. The monoisotopic (exact) mass is 611 g/mol. The first-order chi connectivity index (χ1) is 20.4. The van der Waals surface area contributed by atoms with Crippen molar-refractivity contribution in [3.05, 3.63) is 83.1 Å². The molecule has 1 aliphatic rings. The van der Waals surface area contributed by atoms with E-state index < -0.39 is 35.4 Å². The van der Waals surface area contributed by atoms with Crippen LogP contribution in [-0.2, 0) is 36.9 Å². The Kier molecular flexibility index (Phi) is 12.3.